The summed E-state index contributed by atoms with van der Waals surface area (Å²) in [5, 5.41) is 9.68. The van der Waals surface area contributed by atoms with Gasteiger partial charge in [-0.1, -0.05) is 0 Å². The number of carbonyl (C=O) groups is 1. The Morgan fingerprint density at radius 1 is 1.46 bits per heavy atom. The maximum absolute atomic E-state index is 12.1. The molecule has 0 N–H and O–H groups in total. The van der Waals surface area contributed by atoms with Gasteiger partial charge in [-0.15, -0.1) is 11.3 Å². The molecule has 3 rings (SSSR count). The predicted octanol–water partition coefficient (Wildman–Crippen LogP) is 3.83. The van der Waals surface area contributed by atoms with E-state index in [1.54, 1.807) is 30.6 Å². The van der Waals surface area contributed by atoms with Gasteiger partial charge in [-0.25, -0.2) is 9.78 Å². The Labute approximate surface area is 142 Å². The fourth-order valence-corrected chi connectivity index (χ4v) is 2.95. The van der Waals surface area contributed by atoms with Crippen molar-refractivity contribution in [2.45, 2.75) is 20.5 Å². The molecule has 0 saturated heterocycles. The Morgan fingerprint density at radius 3 is 2.96 bits per heavy atom. The zero-order valence-electron chi connectivity index (χ0n) is 13.2. The number of benzene rings is 1. The van der Waals surface area contributed by atoms with Crippen molar-refractivity contribution in [3.05, 3.63) is 45.6 Å². The van der Waals surface area contributed by atoms with Crippen molar-refractivity contribution >= 4 is 28.3 Å². The summed E-state index contributed by atoms with van der Waals surface area (Å²) in [5.41, 5.74) is 3.28. The highest BCUT2D eigenvalue weighted by atomic mass is 32.1. The Hall–Kier alpha value is -2.85. The largest absolute Gasteiger partial charge is 0.488 e. The molecule has 2 heterocycles. The number of carbonyl (C=O) groups excluding carboxylic acids is 1. The molecule has 1 aromatic carbocycles. The summed E-state index contributed by atoms with van der Waals surface area (Å²) < 4.78 is 16.2. The first-order valence-corrected chi connectivity index (χ1v) is 8.17. The average molecular weight is 342 g/mol. The molecule has 3 aromatic rings. The number of hydrogen-bond donors (Lipinski definition) is 0. The maximum atomic E-state index is 12.1. The van der Waals surface area contributed by atoms with Crippen LogP contribution in [0, 0.1) is 18.3 Å². The van der Waals surface area contributed by atoms with Crippen LogP contribution >= 0.6 is 11.3 Å². The van der Waals surface area contributed by atoms with Gasteiger partial charge in [0.25, 0.3) is 0 Å². The quantitative estimate of drug-likeness (QED) is 0.655. The number of thiazole rings is 1. The molecule has 0 aliphatic rings. The molecule has 0 atom stereocenters. The fourth-order valence-electron chi connectivity index (χ4n) is 2.26. The molecule has 0 amide bonds. The standard InChI is InChI=1S/C17H14N2O4S/c1-3-21-17(20)16-12-6-11(4-5-13(12)23-14(16)7-18)22-8-15-10(2)19-9-24-15/h4-6,9H,3,8H2,1-2H3. The number of hydrogen-bond acceptors (Lipinski definition) is 7. The second-order valence-corrected chi connectivity index (χ2v) is 5.89. The number of ether oxygens (including phenoxy) is 2. The lowest BCUT2D eigenvalue weighted by Crippen LogP contribution is -2.05. The molecule has 0 spiro atoms. The van der Waals surface area contributed by atoms with Crippen LogP contribution in [0.2, 0.25) is 0 Å². The SMILES string of the molecule is CCOC(=O)c1c(C#N)oc2ccc(OCc3scnc3C)cc12. The predicted molar refractivity (Wildman–Crippen MR) is 88.1 cm³/mol. The van der Waals surface area contributed by atoms with Gasteiger partial charge in [0.1, 0.15) is 29.6 Å². The third-order valence-corrected chi connectivity index (χ3v) is 4.36. The Morgan fingerprint density at radius 2 is 2.29 bits per heavy atom. The second kappa shape index (κ2) is 6.72. The molecule has 0 radical (unpaired) electrons. The molecule has 122 valence electrons. The molecule has 6 nitrogen and oxygen atoms in total. The number of nitriles is 1. The van der Waals surface area contributed by atoms with Gasteiger partial charge in [-0.05, 0) is 32.0 Å². The van der Waals surface area contributed by atoms with Gasteiger partial charge in [0.05, 0.1) is 22.7 Å². The van der Waals surface area contributed by atoms with Gasteiger partial charge in [-0.2, -0.15) is 5.26 Å². The van der Waals surface area contributed by atoms with Crippen LogP contribution in [-0.2, 0) is 11.3 Å². The van der Waals surface area contributed by atoms with Crippen LogP contribution in [0.3, 0.4) is 0 Å². The molecule has 0 aliphatic carbocycles. The highest BCUT2D eigenvalue weighted by Gasteiger charge is 2.22. The highest BCUT2D eigenvalue weighted by molar-refractivity contribution is 7.09. The average Bonchev–Trinajstić information content (AvgIpc) is 3.15. The third kappa shape index (κ3) is 2.96. The first-order chi connectivity index (χ1) is 11.6. The number of nitrogens with zero attached hydrogens (tertiary/aromatic N) is 2. The zero-order chi connectivity index (χ0) is 17.1. The van der Waals surface area contributed by atoms with Crippen molar-refractivity contribution in [3.63, 3.8) is 0 Å². The summed E-state index contributed by atoms with van der Waals surface area (Å²) in [5.74, 6) is -0.0618. The first kappa shape index (κ1) is 16.0. The molecular weight excluding hydrogens is 328 g/mol. The molecule has 0 unspecified atom stereocenters. The Bertz CT molecular complexity index is 936. The Balaban J connectivity index is 1.94. The topological polar surface area (TPSA) is 85.4 Å². The lowest BCUT2D eigenvalue weighted by molar-refractivity contribution is 0.0527. The summed E-state index contributed by atoms with van der Waals surface area (Å²) in [6.07, 6.45) is 0. The number of rotatable bonds is 5. The monoisotopic (exact) mass is 342 g/mol. The van der Waals surface area contributed by atoms with Gasteiger partial charge in [-0.3, -0.25) is 0 Å². The van der Waals surface area contributed by atoms with E-state index in [0.29, 0.717) is 23.3 Å². The van der Waals surface area contributed by atoms with Crippen LogP contribution in [0.5, 0.6) is 5.75 Å². The number of furan rings is 1. The smallest absolute Gasteiger partial charge is 0.343 e. The number of aromatic nitrogens is 1. The van der Waals surface area contributed by atoms with Gasteiger partial charge >= 0.3 is 5.97 Å². The van der Waals surface area contributed by atoms with Gasteiger partial charge in [0, 0.05) is 5.39 Å². The summed E-state index contributed by atoms with van der Waals surface area (Å²) >= 11 is 1.52. The van der Waals surface area contributed by atoms with E-state index in [0.717, 1.165) is 10.6 Å². The Kier molecular flexibility index (Phi) is 4.49. The van der Waals surface area contributed by atoms with Crippen molar-refractivity contribution < 1.29 is 18.7 Å². The van der Waals surface area contributed by atoms with Crippen molar-refractivity contribution in [2.24, 2.45) is 0 Å². The van der Waals surface area contributed by atoms with Crippen molar-refractivity contribution in [1.29, 1.82) is 5.26 Å². The molecule has 0 saturated carbocycles. The minimum atomic E-state index is -0.580. The van der Waals surface area contributed by atoms with Crippen molar-refractivity contribution in [3.8, 4) is 11.8 Å². The lowest BCUT2D eigenvalue weighted by atomic mass is 10.1. The minimum absolute atomic E-state index is 0.0566. The molecular formula is C17H14N2O4S. The van der Waals surface area contributed by atoms with E-state index in [-0.39, 0.29) is 17.9 Å². The van der Waals surface area contributed by atoms with E-state index >= 15 is 0 Å². The van der Waals surface area contributed by atoms with E-state index in [1.165, 1.54) is 11.3 Å². The van der Waals surface area contributed by atoms with Crippen LogP contribution in [0.4, 0.5) is 0 Å². The fraction of sp³-hybridized carbons (Fsp3) is 0.235. The van der Waals surface area contributed by atoms with E-state index in [2.05, 4.69) is 4.98 Å². The van der Waals surface area contributed by atoms with Crippen LogP contribution < -0.4 is 4.74 Å². The van der Waals surface area contributed by atoms with Crippen LogP contribution in [0.1, 0.15) is 33.6 Å². The molecule has 0 aliphatic heterocycles. The number of aryl methyl sites for hydroxylation is 1. The summed E-state index contributed by atoms with van der Waals surface area (Å²) in [6.45, 7) is 4.24. The molecule has 0 bridgehead atoms. The second-order valence-electron chi connectivity index (χ2n) is 4.95. The summed E-state index contributed by atoms with van der Waals surface area (Å²) in [7, 11) is 0. The van der Waals surface area contributed by atoms with Crippen molar-refractivity contribution in [1.82, 2.24) is 4.98 Å². The van der Waals surface area contributed by atoms with E-state index in [9.17, 15) is 10.1 Å². The van der Waals surface area contributed by atoms with Crippen LogP contribution in [-0.4, -0.2) is 17.6 Å². The highest BCUT2D eigenvalue weighted by Crippen LogP contribution is 2.30. The maximum Gasteiger partial charge on any atom is 0.343 e. The summed E-state index contributed by atoms with van der Waals surface area (Å²) in [4.78, 5) is 17.3. The van der Waals surface area contributed by atoms with Gasteiger partial charge < -0.3 is 13.9 Å². The van der Waals surface area contributed by atoms with E-state index in [1.807, 2.05) is 13.0 Å². The number of esters is 1. The minimum Gasteiger partial charge on any atom is -0.488 e. The van der Waals surface area contributed by atoms with Crippen LogP contribution in [0.15, 0.2) is 28.1 Å². The third-order valence-electron chi connectivity index (χ3n) is 3.46. The zero-order valence-corrected chi connectivity index (χ0v) is 14.0. The number of fused-ring (bicyclic) bond motifs is 1. The molecule has 24 heavy (non-hydrogen) atoms. The lowest BCUT2D eigenvalue weighted by Gasteiger charge is -2.05. The normalized spacial score (nSPS) is 10.5. The van der Waals surface area contributed by atoms with Crippen molar-refractivity contribution in [2.75, 3.05) is 6.61 Å². The van der Waals surface area contributed by atoms with Crippen LogP contribution in [0.25, 0.3) is 11.0 Å². The first-order valence-electron chi connectivity index (χ1n) is 7.29. The summed E-state index contributed by atoms with van der Waals surface area (Å²) in [6, 6.07) is 6.98. The van der Waals surface area contributed by atoms with E-state index in [4.69, 9.17) is 13.9 Å². The van der Waals surface area contributed by atoms with E-state index < -0.39 is 5.97 Å². The molecule has 7 heteroatoms. The molecule has 2 aromatic heterocycles. The van der Waals surface area contributed by atoms with Gasteiger partial charge in [0.2, 0.25) is 5.76 Å². The van der Waals surface area contributed by atoms with Gasteiger partial charge in [0.15, 0.2) is 0 Å². The molecule has 0 fully saturated rings.